The van der Waals surface area contributed by atoms with Gasteiger partial charge in [0, 0.05) is 17.8 Å². The summed E-state index contributed by atoms with van der Waals surface area (Å²) < 4.78 is 78.5. The highest BCUT2D eigenvalue weighted by atomic mass is 32.2. The molecule has 2 rings (SSSR count). The van der Waals surface area contributed by atoms with Crippen LogP contribution in [0.1, 0.15) is 5.56 Å². The number of nitrogens with zero attached hydrogens (tertiary/aromatic N) is 1. The van der Waals surface area contributed by atoms with Crippen LogP contribution >= 0.6 is 0 Å². The van der Waals surface area contributed by atoms with Crippen molar-refractivity contribution in [2.45, 2.75) is 12.9 Å². The fourth-order valence-electron chi connectivity index (χ4n) is 2.21. The molecule has 152 valence electrons. The largest absolute Gasteiger partial charge is 0.573 e. The smallest absolute Gasteiger partial charge is 0.406 e. The lowest BCUT2D eigenvalue weighted by atomic mass is 10.2. The SMILES string of the molecule is CS(=O)(=O)N(CC(=O)Nc1ccc(OC(F)(F)F)cc1)Cc1ccccc1F. The quantitative estimate of drug-likeness (QED) is 0.699. The molecule has 0 aromatic heterocycles. The topological polar surface area (TPSA) is 75.7 Å². The molecule has 0 radical (unpaired) electrons. The highest BCUT2D eigenvalue weighted by Crippen LogP contribution is 2.24. The van der Waals surface area contributed by atoms with Crippen LogP contribution in [-0.2, 0) is 21.4 Å². The standard InChI is InChI=1S/C17H16F4N2O4S/c1-28(25,26)23(10-12-4-2-3-5-15(12)18)11-16(24)22-13-6-8-14(9-7-13)27-17(19,20)21/h2-9H,10-11H2,1H3,(H,22,24). The van der Waals surface area contributed by atoms with Crippen LogP contribution in [-0.4, -0.2) is 37.8 Å². The first-order valence-electron chi connectivity index (χ1n) is 7.78. The van der Waals surface area contributed by atoms with E-state index in [9.17, 15) is 30.8 Å². The molecule has 0 unspecified atom stereocenters. The monoisotopic (exact) mass is 420 g/mol. The summed E-state index contributed by atoms with van der Waals surface area (Å²) in [5, 5.41) is 2.36. The van der Waals surface area contributed by atoms with Crippen molar-refractivity contribution >= 4 is 21.6 Å². The van der Waals surface area contributed by atoms with Crippen molar-refractivity contribution in [2.24, 2.45) is 0 Å². The molecule has 2 aromatic carbocycles. The normalized spacial score (nSPS) is 12.1. The Hall–Kier alpha value is -2.66. The lowest BCUT2D eigenvalue weighted by molar-refractivity contribution is -0.274. The van der Waals surface area contributed by atoms with E-state index in [0.717, 1.165) is 22.7 Å². The van der Waals surface area contributed by atoms with Crippen LogP contribution in [0.2, 0.25) is 0 Å². The molecule has 0 spiro atoms. The first kappa shape index (κ1) is 21.6. The Bertz CT molecular complexity index is 931. The van der Waals surface area contributed by atoms with Crippen LogP contribution in [0, 0.1) is 5.82 Å². The van der Waals surface area contributed by atoms with Gasteiger partial charge < -0.3 is 10.1 Å². The summed E-state index contributed by atoms with van der Waals surface area (Å²) in [5.74, 6) is -1.83. The second kappa shape index (κ2) is 8.57. The highest BCUT2D eigenvalue weighted by molar-refractivity contribution is 7.88. The molecule has 0 saturated carbocycles. The predicted octanol–water partition coefficient (Wildman–Crippen LogP) is 3.12. The molecule has 0 bridgehead atoms. The van der Waals surface area contributed by atoms with E-state index in [2.05, 4.69) is 10.1 Å². The number of carbonyl (C=O) groups is 1. The van der Waals surface area contributed by atoms with Gasteiger partial charge in [0.15, 0.2) is 0 Å². The molecule has 11 heteroatoms. The van der Waals surface area contributed by atoms with Crippen molar-refractivity contribution in [3.63, 3.8) is 0 Å². The van der Waals surface area contributed by atoms with E-state index in [-0.39, 0.29) is 17.8 Å². The van der Waals surface area contributed by atoms with Gasteiger partial charge in [-0.2, -0.15) is 4.31 Å². The van der Waals surface area contributed by atoms with Crippen LogP contribution in [0.4, 0.5) is 23.2 Å². The Morgan fingerprint density at radius 2 is 1.71 bits per heavy atom. The number of amides is 1. The van der Waals surface area contributed by atoms with Gasteiger partial charge in [-0.15, -0.1) is 13.2 Å². The molecular formula is C17H16F4N2O4S. The average Bonchev–Trinajstić information content (AvgIpc) is 2.56. The molecule has 2 aromatic rings. The zero-order valence-corrected chi connectivity index (χ0v) is 15.3. The Kier molecular flexibility index (Phi) is 6.62. The molecule has 0 aliphatic rings. The summed E-state index contributed by atoms with van der Waals surface area (Å²) in [4.78, 5) is 12.1. The number of benzene rings is 2. The predicted molar refractivity (Wildman–Crippen MR) is 93.4 cm³/mol. The van der Waals surface area contributed by atoms with Crippen LogP contribution < -0.4 is 10.1 Å². The van der Waals surface area contributed by atoms with E-state index in [1.54, 1.807) is 0 Å². The van der Waals surface area contributed by atoms with E-state index in [0.29, 0.717) is 0 Å². The maximum absolute atomic E-state index is 13.8. The van der Waals surface area contributed by atoms with Crippen LogP contribution in [0.5, 0.6) is 5.75 Å². The highest BCUT2D eigenvalue weighted by Gasteiger charge is 2.31. The van der Waals surface area contributed by atoms with E-state index in [1.807, 2.05) is 0 Å². The zero-order chi connectivity index (χ0) is 20.9. The second-order valence-electron chi connectivity index (χ2n) is 5.74. The number of sulfonamides is 1. The third-order valence-electron chi connectivity index (χ3n) is 3.47. The van der Waals surface area contributed by atoms with Crippen molar-refractivity contribution in [3.05, 3.63) is 59.9 Å². The first-order valence-corrected chi connectivity index (χ1v) is 9.63. The molecule has 1 amide bonds. The minimum Gasteiger partial charge on any atom is -0.406 e. The van der Waals surface area contributed by atoms with Crippen molar-refractivity contribution in [2.75, 3.05) is 18.1 Å². The number of hydrogen-bond acceptors (Lipinski definition) is 4. The molecule has 1 N–H and O–H groups in total. The minimum atomic E-state index is -4.84. The van der Waals surface area contributed by atoms with Gasteiger partial charge in [0.2, 0.25) is 15.9 Å². The van der Waals surface area contributed by atoms with Crippen molar-refractivity contribution in [1.29, 1.82) is 0 Å². The van der Waals surface area contributed by atoms with Gasteiger partial charge >= 0.3 is 6.36 Å². The summed E-state index contributed by atoms with van der Waals surface area (Å²) in [7, 11) is -3.83. The molecule has 0 atom stereocenters. The molecule has 0 aliphatic heterocycles. The Balaban J connectivity index is 2.05. The maximum atomic E-state index is 13.8. The third kappa shape index (κ3) is 6.82. The minimum absolute atomic E-state index is 0.0920. The van der Waals surface area contributed by atoms with Crippen molar-refractivity contribution in [1.82, 2.24) is 4.31 Å². The van der Waals surface area contributed by atoms with Gasteiger partial charge in [0.1, 0.15) is 11.6 Å². The summed E-state index contributed by atoms with van der Waals surface area (Å²) in [6, 6.07) is 9.87. The van der Waals surface area contributed by atoms with E-state index < -0.39 is 40.4 Å². The van der Waals surface area contributed by atoms with Gasteiger partial charge in [0.25, 0.3) is 0 Å². The van der Waals surface area contributed by atoms with Crippen LogP contribution in [0.15, 0.2) is 48.5 Å². The molecule has 6 nitrogen and oxygen atoms in total. The van der Waals surface area contributed by atoms with Gasteiger partial charge in [-0.25, -0.2) is 12.8 Å². The summed E-state index contributed by atoms with van der Waals surface area (Å²) >= 11 is 0. The molecule has 0 saturated heterocycles. The molecule has 0 aliphatic carbocycles. The number of rotatable bonds is 7. The molecule has 0 fully saturated rings. The Labute approximate surface area is 158 Å². The summed E-state index contributed by atoms with van der Waals surface area (Å²) in [5.41, 5.74) is 0.230. The van der Waals surface area contributed by atoms with Gasteiger partial charge in [-0.05, 0) is 30.3 Å². The van der Waals surface area contributed by atoms with Gasteiger partial charge in [0.05, 0.1) is 12.8 Å². The third-order valence-corrected chi connectivity index (χ3v) is 4.66. The second-order valence-corrected chi connectivity index (χ2v) is 7.73. The number of nitrogens with one attached hydrogen (secondary N) is 1. The lowest BCUT2D eigenvalue weighted by Crippen LogP contribution is -2.37. The van der Waals surface area contributed by atoms with Gasteiger partial charge in [-0.1, -0.05) is 18.2 Å². The number of ether oxygens (including phenoxy) is 1. The molecular weight excluding hydrogens is 404 g/mol. The molecule has 28 heavy (non-hydrogen) atoms. The first-order chi connectivity index (χ1) is 12.9. The van der Waals surface area contributed by atoms with E-state index in [1.165, 1.54) is 36.4 Å². The fraction of sp³-hybridized carbons (Fsp3) is 0.235. The zero-order valence-electron chi connectivity index (χ0n) is 14.5. The fourth-order valence-corrected chi connectivity index (χ4v) is 2.93. The Morgan fingerprint density at radius 1 is 1.11 bits per heavy atom. The van der Waals surface area contributed by atoms with Crippen molar-refractivity contribution < 1.29 is 35.5 Å². The number of alkyl halides is 3. The van der Waals surface area contributed by atoms with Crippen LogP contribution in [0.3, 0.4) is 0 Å². The Morgan fingerprint density at radius 3 is 2.25 bits per heavy atom. The van der Waals surface area contributed by atoms with Crippen LogP contribution in [0.25, 0.3) is 0 Å². The number of hydrogen-bond donors (Lipinski definition) is 1. The number of anilines is 1. The molecule has 0 heterocycles. The van der Waals surface area contributed by atoms with E-state index in [4.69, 9.17) is 0 Å². The number of carbonyl (C=O) groups excluding carboxylic acids is 1. The maximum Gasteiger partial charge on any atom is 0.573 e. The summed E-state index contributed by atoms with van der Waals surface area (Å²) in [6.45, 7) is -0.953. The van der Waals surface area contributed by atoms with Crippen molar-refractivity contribution in [3.8, 4) is 5.75 Å². The lowest BCUT2D eigenvalue weighted by Gasteiger charge is -2.20. The van der Waals surface area contributed by atoms with Gasteiger partial charge in [-0.3, -0.25) is 4.79 Å². The van der Waals surface area contributed by atoms with E-state index >= 15 is 0 Å². The number of halogens is 4. The average molecular weight is 420 g/mol. The summed E-state index contributed by atoms with van der Waals surface area (Å²) in [6.07, 6.45) is -3.96.